The van der Waals surface area contributed by atoms with Crippen molar-refractivity contribution in [3.8, 4) is 0 Å². The van der Waals surface area contributed by atoms with Crippen LogP contribution in [0.1, 0.15) is 22.8 Å². The van der Waals surface area contributed by atoms with E-state index in [1.165, 1.54) is 4.57 Å². The molecule has 0 aliphatic carbocycles. The van der Waals surface area contributed by atoms with Crippen LogP contribution in [0.3, 0.4) is 0 Å². The van der Waals surface area contributed by atoms with Crippen LogP contribution in [0.2, 0.25) is 5.02 Å². The van der Waals surface area contributed by atoms with Crippen LogP contribution in [0.5, 0.6) is 0 Å². The Bertz CT molecular complexity index is 1100. The molecule has 0 aliphatic heterocycles. The minimum absolute atomic E-state index is 0.168. The van der Waals surface area contributed by atoms with Crippen LogP contribution in [0, 0.1) is 11.7 Å². The van der Waals surface area contributed by atoms with E-state index in [1.807, 2.05) is 13.8 Å². The van der Waals surface area contributed by atoms with E-state index in [-0.39, 0.29) is 11.5 Å². The number of carbonyl (C=O) groups is 1. The molecule has 3 rings (SSSR count). The van der Waals surface area contributed by atoms with Crippen LogP contribution >= 0.6 is 23.8 Å². The van der Waals surface area contributed by atoms with Gasteiger partial charge in [-0.15, -0.1) is 0 Å². The first-order chi connectivity index (χ1) is 11.9. The third-order valence-electron chi connectivity index (χ3n) is 4.08. The number of hydrogen-bond donors (Lipinski definition) is 2. The average Bonchev–Trinajstić information content (AvgIpc) is 2.58. The van der Waals surface area contributed by atoms with Gasteiger partial charge in [0.2, 0.25) is 0 Å². The minimum Gasteiger partial charge on any atom is -0.332 e. The molecule has 0 saturated carbocycles. The van der Waals surface area contributed by atoms with Gasteiger partial charge in [-0.25, -0.2) is 0 Å². The van der Waals surface area contributed by atoms with Gasteiger partial charge >= 0.3 is 0 Å². The van der Waals surface area contributed by atoms with Gasteiger partial charge in [-0.1, -0.05) is 17.7 Å². The Balaban J connectivity index is 2.02. The van der Waals surface area contributed by atoms with E-state index in [9.17, 15) is 9.59 Å². The summed E-state index contributed by atoms with van der Waals surface area (Å²) < 4.78 is 1.82. The SMILES string of the molecule is CCn1c(=S)[nH]c2cc(C(=O)Nc3cccc(Cl)c3C)ccc2c1=O. The average molecular weight is 374 g/mol. The molecule has 0 spiro atoms. The molecular weight excluding hydrogens is 358 g/mol. The second-order valence-electron chi connectivity index (χ2n) is 5.61. The second kappa shape index (κ2) is 6.82. The van der Waals surface area contributed by atoms with Crippen molar-refractivity contribution in [3.63, 3.8) is 0 Å². The molecule has 3 aromatic rings. The van der Waals surface area contributed by atoms with E-state index < -0.39 is 0 Å². The van der Waals surface area contributed by atoms with E-state index in [0.717, 1.165) is 5.56 Å². The molecular formula is C18H16ClN3O2S. The molecule has 0 unspecified atom stereocenters. The van der Waals surface area contributed by atoms with Crippen molar-refractivity contribution in [3.05, 3.63) is 67.7 Å². The summed E-state index contributed by atoms with van der Waals surface area (Å²) in [7, 11) is 0. The summed E-state index contributed by atoms with van der Waals surface area (Å²) in [4.78, 5) is 27.9. The molecule has 0 fully saturated rings. The van der Waals surface area contributed by atoms with Crippen LogP contribution in [0.25, 0.3) is 10.9 Å². The number of fused-ring (bicyclic) bond motifs is 1. The van der Waals surface area contributed by atoms with Gasteiger partial charge in [0, 0.05) is 22.8 Å². The fourth-order valence-electron chi connectivity index (χ4n) is 2.62. The normalized spacial score (nSPS) is 10.8. The summed E-state index contributed by atoms with van der Waals surface area (Å²) in [6, 6.07) is 10.2. The Kier molecular flexibility index (Phi) is 4.74. The molecule has 1 heterocycles. The van der Waals surface area contributed by atoms with Gasteiger partial charge < -0.3 is 10.3 Å². The van der Waals surface area contributed by atoms with E-state index in [2.05, 4.69) is 10.3 Å². The first-order valence-corrected chi connectivity index (χ1v) is 8.54. The number of H-pyrrole nitrogens is 1. The number of halogens is 1. The number of rotatable bonds is 3. The molecule has 7 heteroatoms. The molecule has 5 nitrogen and oxygen atoms in total. The molecule has 1 amide bonds. The largest absolute Gasteiger partial charge is 0.332 e. The zero-order chi connectivity index (χ0) is 18.1. The number of nitrogens with zero attached hydrogens (tertiary/aromatic N) is 1. The lowest BCUT2D eigenvalue weighted by atomic mass is 10.1. The number of benzene rings is 2. The summed E-state index contributed by atoms with van der Waals surface area (Å²) in [6.45, 7) is 4.18. The number of aromatic nitrogens is 2. The molecule has 2 N–H and O–H groups in total. The van der Waals surface area contributed by atoms with Crippen molar-refractivity contribution >= 4 is 46.3 Å². The number of hydrogen-bond acceptors (Lipinski definition) is 3. The fourth-order valence-corrected chi connectivity index (χ4v) is 3.12. The van der Waals surface area contributed by atoms with Gasteiger partial charge in [-0.05, 0) is 62.0 Å². The quantitative estimate of drug-likeness (QED) is 0.673. The second-order valence-corrected chi connectivity index (χ2v) is 6.40. The summed E-state index contributed by atoms with van der Waals surface area (Å²) in [5.74, 6) is -0.286. The predicted octanol–water partition coefficient (Wildman–Crippen LogP) is 4.29. The number of aromatic amines is 1. The molecule has 0 bridgehead atoms. The van der Waals surface area contributed by atoms with Gasteiger partial charge in [0.25, 0.3) is 11.5 Å². The van der Waals surface area contributed by atoms with Gasteiger partial charge in [-0.2, -0.15) is 0 Å². The van der Waals surface area contributed by atoms with Crippen molar-refractivity contribution in [2.45, 2.75) is 20.4 Å². The highest BCUT2D eigenvalue weighted by atomic mass is 35.5. The maximum absolute atomic E-state index is 12.5. The number of nitrogens with one attached hydrogen (secondary N) is 2. The molecule has 0 radical (unpaired) electrons. The van der Waals surface area contributed by atoms with Crippen molar-refractivity contribution in [2.24, 2.45) is 0 Å². The van der Waals surface area contributed by atoms with Gasteiger partial charge in [0.15, 0.2) is 4.77 Å². The predicted molar refractivity (Wildman–Crippen MR) is 103 cm³/mol. The lowest BCUT2D eigenvalue weighted by molar-refractivity contribution is 0.102. The van der Waals surface area contributed by atoms with Crippen LogP contribution in [0.4, 0.5) is 5.69 Å². The van der Waals surface area contributed by atoms with Gasteiger partial charge in [0.1, 0.15) is 0 Å². The minimum atomic E-state index is -0.286. The first-order valence-electron chi connectivity index (χ1n) is 7.75. The fraction of sp³-hybridized carbons (Fsp3) is 0.167. The summed E-state index contributed by atoms with van der Waals surface area (Å²) in [6.07, 6.45) is 0. The number of amides is 1. The molecule has 1 aromatic heterocycles. The van der Waals surface area contributed by atoms with Gasteiger partial charge in [0.05, 0.1) is 10.9 Å². The molecule has 128 valence electrons. The lowest BCUT2D eigenvalue weighted by Crippen LogP contribution is -2.21. The zero-order valence-electron chi connectivity index (χ0n) is 13.7. The molecule has 0 saturated heterocycles. The maximum Gasteiger partial charge on any atom is 0.262 e. The third kappa shape index (κ3) is 3.23. The van der Waals surface area contributed by atoms with Crippen LogP contribution in [0.15, 0.2) is 41.2 Å². The number of anilines is 1. The summed E-state index contributed by atoms with van der Waals surface area (Å²) >= 11 is 11.3. The standard InChI is InChI=1S/C18H16ClN3O2S/c1-3-22-17(24)12-8-7-11(9-15(12)21-18(22)25)16(23)20-14-6-4-5-13(19)10(14)2/h4-9H,3H2,1-2H3,(H,20,23)(H,21,25). The number of carbonyl (C=O) groups excluding carboxylic acids is 1. The van der Waals surface area contributed by atoms with E-state index in [1.54, 1.807) is 36.4 Å². The molecule has 25 heavy (non-hydrogen) atoms. The monoisotopic (exact) mass is 373 g/mol. The Labute approximate surface area is 154 Å². The Morgan fingerprint density at radius 1 is 1.32 bits per heavy atom. The highest BCUT2D eigenvalue weighted by Crippen LogP contribution is 2.23. The topological polar surface area (TPSA) is 66.9 Å². The van der Waals surface area contributed by atoms with Crippen LogP contribution in [-0.2, 0) is 6.54 Å². The zero-order valence-corrected chi connectivity index (χ0v) is 15.3. The highest BCUT2D eigenvalue weighted by molar-refractivity contribution is 7.71. The van der Waals surface area contributed by atoms with Crippen molar-refractivity contribution < 1.29 is 4.79 Å². The Morgan fingerprint density at radius 2 is 2.08 bits per heavy atom. The Morgan fingerprint density at radius 3 is 2.80 bits per heavy atom. The highest BCUT2D eigenvalue weighted by Gasteiger charge is 2.12. The van der Waals surface area contributed by atoms with Crippen LogP contribution in [-0.4, -0.2) is 15.5 Å². The van der Waals surface area contributed by atoms with Crippen LogP contribution < -0.4 is 10.9 Å². The smallest absolute Gasteiger partial charge is 0.262 e. The van der Waals surface area contributed by atoms with Crippen molar-refractivity contribution in [1.82, 2.24) is 9.55 Å². The summed E-state index contributed by atoms with van der Waals surface area (Å²) in [5.41, 5.74) is 2.23. The first kappa shape index (κ1) is 17.4. The van der Waals surface area contributed by atoms with E-state index in [0.29, 0.717) is 38.5 Å². The molecule has 2 aromatic carbocycles. The molecule has 0 aliphatic rings. The maximum atomic E-state index is 12.5. The van der Waals surface area contributed by atoms with E-state index in [4.69, 9.17) is 23.8 Å². The van der Waals surface area contributed by atoms with Crippen molar-refractivity contribution in [2.75, 3.05) is 5.32 Å². The summed E-state index contributed by atoms with van der Waals surface area (Å²) in [5, 5.41) is 3.91. The van der Waals surface area contributed by atoms with Crippen molar-refractivity contribution in [1.29, 1.82) is 0 Å². The Hall–Kier alpha value is -2.44. The lowest BCUT2D eigenvalue weighted by Gasteiger charge is -2.10. The third-order valence-corrected chi connectivity index (χ3v) is 4.81. The van der Waals surface area contributed by atoms with Gasteiger partial charge in [-0.3, -0.25) is 14.2 Å². The molecule has 0 atom stereocenters. The van der Waals surface area contributed by atoms with E-state index >= 15 is 0 Å².